The zero-order valence-electron chi connectivity index (χ0n) is 16.2. The number of esters is 1. The Bertz CT molecular complexity index is 1160. The number of fused-ring (bicyclic) bond motifs is 2. The summed E-state index contributed by atoms with van der Waals surface area (Å²) in [6.45, 7) is 2.19. The fourth-order valence-corrected chi connectivity index (χ4v) is 3.03. The lowest BCUT2D eigenvalue weighted by atomic mass is 10.1. The molecule has 0 fully saturated rings. The van der Waals surface area contributed by atoms with Gasteiger partial charge < -0.3 is 34.2 Å². The predicted molar refractivity (Wildman–Crippen MR) is 106 cm³/mol. The molecule has 2 heterocycles. The molecule has 1 aliphatic heterocycles. The number of benzene rings is 2. The molecule has 0 spiro atoms. The van der Waals surface area contributed by atoms with Crippen LogP contribution in [0.25, 0.3) is 11.0 Å². The van der Waals surface area contributed by atoms with Gasteiger partial charge in [0.05, 0.1) is 23.7 Å². The second-order valence-electron chi connectivity index (χ2n) is 6.58. The number of imidazole rings is 1. The van der Waals surface area contributed by atoms with Gasteiger partial charge in [-0.3, -0.25) is 4.79 Å². The van der Waals surface area contributed by atoms with E-state index in [4.69, 9.17) is 18.9 Å². The van der Waals surface area contributed by atoms with E-state index in [1.54, 1.807) is 18.2 Å². The van der Waals surface area contributed by atoms with Crippen molar-refractivity contribution in [2.75, 3.05) is 25.6 Å². The third-order valence-electron chi connectivity index (χ3n) is 4.50. The number of aromatic nitrogens is 2. The monoisotopic (exact) mass is 413 g/mol. The molecule has 1 amide bonds. The largest absolute Gasteiger partial charge is 0.493 e. The first-order valence-corrected chi connectivity index (χ1v) is 9.16. The van der Waals surface area contributed by atoms with E-state index in [0.29, 0.717) is 47.2 Å². The fourth-order valence-electron chi connectivity index (χ4n) is 3.03. The summed E-state index contributed by atoms with van der Waals surface area (Å²) in [5.41, 5.74) is 1.44. The Kier molecular flexibility index (Phi) is 5.05. The summed E-state index contributed by atoms with van der Waals surface area (Å²) < 4.78 is 21.6. The van der Waals surface area contributed by atoms with E-state index < -0.39 is 18.0 Å². The highest BCUT2D eigenvalue weighted by Gasteiger charge is 2.24. The molecule has 1 atom stereocenters. The molecule has 4 rings (SSSR count). The highest BCUT2D eigenvalue weighted by molar-refractivity contribution is 5.98. The first-order valence-electron chi connectivity index (χ1n) is 9.16. The van der Waals surface area contributed by atoms with Crippen molar-refractivity contribution in [3.63, 3.8) is 0 Å². The molecule has 3 N–H and O–H groups in total. The lowest BCUT2D eigenvalue weighted by Crippen LogP contribution is -2.30. The van der Waals surface area contributed by atoms with Gasteiger partial charge in [-0.2, -0.15) is 0 Å². The smallest absolute Gasteiger partial charge is 0.339 e. The normalized spacial score (nSPS) is 13.5. The van der Waals surface area contributed by atoms with E-state index in [2.05, 4.69) is 15.3 Å². The van der Waals surface area contributed by atoms with Crippen molar-refractivity contribution in [3.8, 4) is 17.2 Å². The van der Waals surface area contributed by atoms with Gasteiger partial charge in [-0.25, -0.2) is 9.59 Å². The van der Waals surface area contributed by atoms with Gasteiger partial charge in [0.2, 0.25) is 5.75 Å². The highest BCUT2D eigenvalue weighted by Crippen LogP contribution is 2.40. The Hall–Kier alpha value is -3.95. The first-order chi connectivity index (χ1) is 14.4. The molecule has 0 saturated heterocycles. The second-order valence-corrected chi connectivity index (χ2v) is 6.58. The quantitative estimate of drug-likeness (QED) is 0.544. The molecular formula is C20H19N3O7. The summed E-state index contributed by atoms with van der Waals surface area (Å²) in [6.07, 6.45) is -1.07. The summed E-state index contributed by atoms with van der Waals surface area (Å²) in [5, 5.41) is 2.65. The summed E-state index contributed by atoms with van der Waals surface area (Å²) in [6, 6.07) is 7.84. The summed E-state index contributed by atoms with van der Waals surface area (Å²) in [7, 11) is 1.45. The van der Waals surface area contributed by atoms with Gasteiger partial charge >= 0.3 is 11.7 Å². The second kappa shape index (κ2) is 7.82. The van der Waals surface area contributed by atoms with Gasteiger partial charge in [-0.1, -0.05) is 0 Å². The van der Waals surface area contributed by atoms with E-state index in [1.807, 2.05) is 0 Å². The molecule has 3 aromatic rings. The number of carbonyl (C=O) groups is 2. The minimum atomic E-state index is -1.07. The number of anilines is 1. The van der Waals surface area contributed by atoms with Crippen LogP contribution in [0.15, 0.2) is 35.1 Å². The topological polar surface area (TPSA) is 132 Å². The Morgan fingerprint density at radius 2 is 1.87 bits per heavy atom. The first kappa shape index (κ1) is 19.4. The number of methoxy groups -OCH3 is 1. The molecule has 0 aliphatic carbocycles. The van der Waals surface area contributed by atoms with Gasteiger partial charge in [0.1, 0.15) is 13.2 Å². The Morgan fingerprint density at radius 1 is 1.10 bits per heavy atom. The van der Waals surface area contributed by atoms with Gasteiger partial charge in [0.25, 0.3) is 5.91 Å². The van der Waals surface area contributed by atoms with Gasteiger partial charge in [-0.15, -0.1) is 0 Å². The molecule has 1 aromatic heterocycles. The van der Waals surface area contributed by atoms with E-state index in [-0.39, 0.29) is 11.3 Å². The third-order valence-corrected chi connectivity index (χ3v) is 4.50. The summed E-state index contributed by atoms with van der Waals surface area (Å²) >= 11 is 0. The minimum Gasteiger partial charge on any atom is -0.493 e. The van der Waals surface area contributed by atoms with Crippen LogP contribution in [0.4, 0.5) is 5.69 Å². The van der Waals surface area contributed by atoms with Crippen molar-refractivity contribution in [1.82, 2.24) is 9.97 Å². The molecule has 2 aromatic carbocycles. The van der Waals surface area contributed by atoms with Crippen LogP contribution in [-0.2, 0) is 9.53 Å². The number of aromatic amines is 2. The standard InChI is InChI=1S/C20H19N3O7/c1-10(18(24)21-12-3-4-13-14(9-12)23-20(26)22-13)30-19(25)11-7-15(27-2)17-16(8-11)28-5-6-29-17/h3-4,7-10H,5-6H2,1-2H3,(H,21,24)(H2,22,23,26)/t10-/m1/s1. The lowest BCUT2D eigenvalue weighted by molar-refractivity contribution is -0.123. The number of nitrogens with one attached hydrogen (secondary N) is 3. The van der Waals surface area contributed by atoms with Gasteiger partial charge in [0.15, 0.2) is 17.6 Å². The minimum absolute atomic E-state index is 0.169. The Morgan fingerprint density at radius 3 is 2.67 bits per heavy atom. The van der Waals surface area contributed by atoms with Crippen LogP contribution in [0.3, 0.4) is 0 Å². The molecule has 0 saturated carbocycles. The van der Waals surface area contributed by atoms with Crippen molar-refractivity contribution in [3.05, 3.63) is 46.4 Å². The van der Waals surface area contributed by atoms with Gasteiger partial charge in [0, 0.05) is 5.69 Å². The van der Waals surface area contributed by atoms with Crippen LogP contribution in [0.5, 0.6) is 17.2 Å². The number of amides is 1. The van der Waals surface area contributed by atoms with Crippen molar-refractivity contribution >= 4 is 28.6 Å². The molecule has 156 valence electrons. The number of rotatable bonds is 5. The van der Waals surface area contributed by atoms with Gasteiger partial charge in [-0.05, 0) is 37.3 Å². The zero-order valence-corrected chi connectivity index (χ0v) is 16.2. The van der Waals surface area contributed by atoms with E-state index >= 15 is 0 Å². The van der Waals surface area contributed by atoms with Crippen molar-refractivity contribution in [2.24, 2.45) is 0 Å². The number of hydrogen-bond donors (Lipinski definition) is 3. The molecule has 10 nitrogen and oxygen atoms in total. The molecule has 10 heteroatoms. The molecule has 30 heavy (non-hydrogen) atoms. The average molecular weight is 413 g/mol. The Balaban J connectivity index is 1.46. The van der Waals surface area contributed by atoms with Crippen LogP contribution < -0.4 is 25.2 Å². The lowest BCUT2D eigenvalue weighted by Gasteiger charge is -2.21. The maximum Gasteiger partial charge on any atom is 0.339 e. The third kappa shape index (κ3) is 3.79. The number of ether oxygens (including phenoxy) is 4. The van der Waals surface area contributed by atoms with Crippen LogP contribution in [0, 0.1) is 0 Å². The molecule has 0 unspecified atom stereocenters. The molecule has 0 radical (unpaired) electrons. The van der Waals surface area contributed by atoms with E-state index in [1.165, 1.54) is 26.2 Å². The van der Waals surface area contributed by atoms with Crippen LogP contribution >= 0.6 is 0 Å². The SMILES string of the molecule is COc1cc(C(=O)O[C@H](C)C(=O)Nc2ccc3[nH]c(=O)[nH]c3c2)cc2c1OCCO2. The molecule has 1 aliphatic rings. The van der Waals surface area contributed by atoms with Crippen molar-refractivity contribution in [1.29, 1.82) is 0 Å². The number of carbonyl (C=O) groups excluding carboxylic acids is 2. The average Bonchev–Trinajstić information content (AvgIpc) is 3.11. The maximum absolute atomic E-state index is 12.5. The number of hydrogen-bond acceptors (Lipinski definition) is 7. The van der Waals surface area contributed by atoms with E-state index in [0.717, 1.165) is 0 Å². The molecule has 0 bridgehead atoms. The predicted octanol–water partition coefficient (Wildman–Crippen LogP) is 1.82. The van der Waals surface area contributed by atoms with Crippen LogP contribution in [0.2, 0.25) is 0 Å². The number of H-pyrrole nitrogens is 2. The zero-order chi connectivity index (χ0) is 21.3. The van der Waals surface area contributed by atoms with Crippen molar-refractivity contribution < 1.29 is 28.5 Å². The van der Waals surface area contributed by atoms with E-state index in [9.17, 15) is 14.4 Å². The fraction of sp³-hybridized carbons (Fsp3) is 0.250. The highest BCUT2D eigenvalue weighted by atomic mass is 16.6. The summed E-state index contributed by atoms with van der Waals surface area (Å²) in [4.78, 5) is 41.5. The maximum atomic E-state index is 12.5. The molecular weight excluding hydrogens is 394 g/mol. The van der Waals surface area contributed by atoms with Crippen LogP contribution in [0.1, 0.15) is 17.3 Å². The van der Waals surface area contributed by atoms with Crippen molar-refractivity contribution in [2.45, 2.75) is 13.0 Å². The Labute approximate surface area is 170 Å². The van der Waals surface area contributed by atoms with Crippen LogP contribution in [-0.4, -0.2) is 48.3 Å². The summed E-state index contributed by atoms with van der Waals surface area (Å²) in [5.74, 6) is -0.101.